The largest absolute Gasteiger partial charge is 0.394 e. The maximum absolute atomic E-state index is 12.9. The number of nitrogens with one attached hydrogen (secondary N) is 1. The van der Waals surface area contributed by atoms with E-state index in [0.29, 0.717) is 6.42 Å². The summed E-state index contributed by atoms with van der Waals surface area (Å²) in [6, 6.07) is -0.810. The number of hydrogen-bond donors (Lipinski definition) is 6. The molecule has 0 spiro atoms. The van der Waals surface area contributed by atoms with Crippen LogP contribution in [0.1, 0.15) is 168 Å². The van der Waals surface area contributed by atoms with E-state index in [-0.39, 0.29) is 12.5 Å². The van der Waals surface area contributed by atoms with Gasteiger partial charge in [-0.15, -0.1) is 0 Å². The molecule has 0 aromatic rings. The first kappa shape index (κ1) is 49.2. The van der Waals surface area contributed by atoms with E-state index in [1.165, 1.54) is 83.5 Å². The molecule has 0 aromatic carbocycles. The number of aliphatic hydroxyl groups excluding tert-OH is 5. The van der Waals surface area contributed by atoms with E-state index in [2.05, 4.69) is 55.6 Å². The zero-order valence-electron chi connectivity index (χ0n) is 33.5. The molecule has 308 valence electrons. The molecule has 6 N–H and O–H groups in total. The van der Waals surface area contributed by atoms with Crippen molar-refractivity contribution in [2.45, 2.75) is 211 Å². The predicted octanol–water partition coefficient (Wildman–Crippen LogP) is 8.28. The number of aliphatic hydroxyl groups is 5. The highest BCUT2D eigenvalue weighted by molar-refractivity contribution is 5.76. The molecule has 1 heterocycles. The van der Waals surface area contributed by atoms with Crippen molar-refractivity contribution < 1.29 is 39.8 Å². The van der Waals surface area contributed by atoms with Crippen LogP contribution in [0.15, 0.2) is 48.6 Å². The normalized spacial score (nSPS) is 22.1. The molecule has 1 fully saturated rings. The summed E-state index contributed by atoms with van der Waals surface area (Å²) in [6.45, 7) is 3.70. The van der Waals surface area contributed by atoms with Crippen molar-refractivity contribution in [1.29, 1.82) is 0 Å². The van der Waals surface area contributed by atoms with Gasteiger partial charge in [0.1, 0.15) is 24.4 Å². The molecule has 1 aliphatic heterocycles. The highest BCUT2D eigenvalue weighted by Crippen LogP contribution is 2.22. The van der Waals surface area contributed by atoms with Crippen LogP contribution in [-0.4, -0.2) is 87.5 Å². The van der Waals surface area contributed by atoms with Gasteiger partial charge in [-0.2, -0.15) is 0 Å². The Bertz CT molecular complexity index is 967. The Kier molecular flexibility index (Phi) is 32.1. The highest BCUT2D eigenvalue weighted by atomic mass is 16.7. The molecule has 0 aromatic heterocycles. The maximum Gasteiger partial charge on any atom is 0.220 e. The van der Waals surface area contributed by atoms with Crippen LogP contribution < -0.4 is 5.32 Å². The van der Waals surface area contributed by atoms with Gasteiger partial charge in [0.15, 0.2) is 6.29 Å². The van der Waals surface area contributed by atoms with E-state index in [0.717, 1.165) is 64.2 Å². The monoisotopic (exact) mass is 750 g/mol. The fourth-order valence-electron chi connectivity index (χ4n) is 6.40. The lowest BCUT2D eigenvalue weighted by atomic mass is 9.99. The number of carbonyl (C=O) groups is 1. The summed E-state index contributed by atoms with van der Waals surface area (Å²) in [5.41, 5.74) is 0. The van der Waals surface area contributed by atoms with Crippen LogP contribution >= 0.6 is 0 Å². The first-order chi connectivity index (χ1) is 25.8. The number of amides is 1. The van der Waals surface area contributed by atoms with Gasteiger partial charge in [-0.25, -0.2) is 0 Å². The quantitative estimate of drug-likeness (QED) is 0.0285. The zero-order chi connectivity index (χ0) is 38.8. The van der Waals surface area contributed by atoms with Gasteiger partial charge in [0.05, 0.1) is 25.4 Å². The number of carbonyl (C=O) groups excluding carboxylic acids is 1. The molecule has 0 saturated carbocycles. The average Bonchev–Trinajstić information content (AvgIpc) is 3.16. The van der Waals surface area contributed by atoms with Gasteiger partial charge in [0.25, 0.3) is 0 Å². The van der Waals surface area contributed by atoms with Crippen molar-refractivity contribution >= 4 is 5.91 Å². The van der Waals surface area contributed by atoms with E-state index in [1.54, 1.807) is 6.08 Å². The maximum atomic E-state index is 12.9. The Morgan fingerprint density at radius 2 is 1.11 bits per heavy atom. The van der Waals surface area contributed by atoms with Crippen LogP contribution in [-0.2, 0) is 14.3 Å². The van der Waals surface area contributed by atoms with Gasteiger partial charge < -0.3 is 40.3 Å². The standard InChI is InChI=1S/C44H79NO8/c1-3-5-7-9-11-13-15-16-17-18-19-20-21-22-24-26-28-30-32-34-40(48)45-37(36-52-44-43(51)42(50)41(49)39(35-46)53-44)38(47)33-31-29-27-25-23-14-12-10-8-6-4-2/h11,13,16-17,19-20,31,33,37-39,41-44,46-47,49-51H,3-10,12,14-15,18,21-30,32,34-36H2,1-2H3,(H,45,48)/b13-11-,17-16-,20-19-,33-31+. The zero-order valence-corrected chi connectivity index (χ0v) is 33.5. The summed E-state index contributed by atoms with van der Waals surface area (Å²) < 4.78 is 11.2. The second kappa shape index (κ2) is 34.6. The summed E-state index contributed by atoms with van der Waals surface area (Å²) in [4.78, 5) is 12.9. The Morgan fingerprint density at radius 3 is 1.68 bits per heavy atom. The highest BCUT2D eigenvalue weighted by Gasteiger charge is 2.44. The van der Waals surface area contributed by atoms with Gasteiger partial charge in [-0.05, 0) is 57.8 Å². The van der Waals surface area contributed by atoms with Crippen LogP contribution in [0.2, 0.25) is 0 Å². The molecule has 1 rings (SSSR count). The predicted molar refractivity (Wildman–Crippen MR) is 216 cm³/mol. The van der Waals surface area contributed by atoms with Crippen molar-refractivity contribution in [2.75, 3.05) is 13.2 Å². The molecule has 1 saturated heterocycles. The van der Waals surface area contributed by atoms with Crippen LogP contribution in [0.5, 0.6) is 0 Å². The molecular formula is C44H79NO8. The van der Waals surface area contributed by atoms with Crippen molar-refractivity contribution in [1.82, 2.24) is 5.32 Å². The Balaban J connectivity index is 2.38. The van der Waals surface area contributed by atoms with Gasteiger partial charge >= 0.3 is 0 Å². The van der Waals surface area contributed by atoms with Gasteiger partial charge in [-0.1, -0.05) is 152 Å². The molecular weight excluding hydrogens is 670 g/mol. The molecule has 9 heteroatoms. The number of unbranched alkanes of at least 4 members (excludes halogenated alkanes) is 18. The fraction of sp³-hybridized carbons (Fsp3) is 0.795. The minimum absolute atomic E-state index is 0.194. The minimum atomic E-state index is -1.57. The number of allylic oxidation sites excluding steroid dienone is 7. The summed E-state index contributed by atoms with van der Waals surface area (Å²) in [6.07, 6.45) is 35.7. The smallest absolute Gasteiger partial charge is 0.220 e. The molecule has 0 radical (unpaired) electrons. The summed E-state index contributed by atoms with van der Waals surface area (Å²) in [7, 11) is 0. The average molecular weight is 750 g/mol. The minimum Gasteiger partial charge on any atom is -0.394 e. The molecule has 1 amide bonds. The summed E-state index contributed by atoms with van der Waals surface area (Å²) >= 11 is 0. The van der Waals surface area contributed by atoms with Crippen LogP contribution in [0, 0.1) is 0 Å². The molecule has 0 aliphatic carbocycles. The molecule has 7 atom stereocenters. The Hall–Kier alpha value is -1.85. The molecule has 7 unspecified atom stereocenters. The number of hydrogen-bond acceptors (Lipinski definition) is 8. The summed E-state index contributed by atoms with van der Waals surface area (Å²) in [5.74, 6) is -0.194. The van der Waals surface area contributed by atoms with Crippen molar-refractivity contribution in [3.05, 3.63) is 48.6 Å². The molecule has 0 bridgehead atoms. The topological polar surface area (TPSA) is 149 Å². The second-order valence-electron chi connectivity index (χ2n) is 14.8. The molecule has 1 aliphatic rings. The molecule has 9 nitrogen and oxygen atoms in total. The first-order valence-corrected chi connectivity index (χ1v) is 21.4. The lowest BCUT2D eigenvalue weighted by Crippen LogP contribution is -2.60. The first-order valence-electron chi connectivity index (χ1n) is 21.4. The third-order valence-corrected chi connectivity index (χ3v) is 9.90. The van der Waals surface area contributed by atoms with Gasteiger partial charge in [0, 0.05) is 6.42 Å². The van der Waals surface area contributed by atoms with Crippen molar-refractivity contribution in [3.8, 4) is 0 Å². The number of ether oxygens (including phenoxy) is 2. The lowest BCUT2D eigenvalue weighted by molar-refractivity contribution is -0.302. The summed E-state index contributed by atoms with van der Waals surface area (Å²) in [5, 5.41) is 54.0. The van der Waals surface area contributed by atoms with E-state index < -0.39 is 49.5 Å². The number of rotatable bonds is 34. The van der Waals surface area contributed by atoms with Crippen molar-refractivity contribution in [2.24, 2.45) is 0 Å². The van der Waals surface area contributed by atoms with E-state index >= 15 is 0 Å². The van der Waals surface area contributed by atoms with Crippen LogP contribution in [0.4, 0.5) is 0 Å². The lowest BCUT2D eigenvalue weighted by Gasteiger charge is -2.40. The van der Waals surface area contributed by atoms with E-state index in [1.807, 2.05) is 6.08 Å². The van der Waals surface area contributed by atoms with E-state index in [9.17, 15) is 30.3 Å². The Labute approximate surface area is 323 Å². The molecule has 53 heavy (non-hydrogen) atoms. The SMILES string of the molecule is CCCCC/C=C\C/C=C\C/C=C\CCCCCCCCC(=O)NC(COC1OC(CO)C(O)C(O)C1O)C(O)/C=C/CCCCCCCCCCC. The third-order valence-electron chi connectivity index (χ3n) is 9.90. The van der Waals surface area contributed by atoms with Crippen molar-refractivity contribution in [3.63, 3.8) is 0 Å². The van der Waals surface area contributed by atoms with Gasteiger partial charge in [0.2, 0.25) is 5.91 Å². The van der Waals surface area contributed by atoms with Crippen LogP contribution in [0.3, 0.4) is 0 Å². The van der Waals surface area contributed by atoms with E-state index in [4.69, 9.17) is 9.47 Å². The van der Waals surface area contributed by atoms with Gasteiger partial charge in [-0.3, -0.25) is 4.79 Å². The Morgan fingerprint density at radius 1 is 0.642 bits per heavy atom. The third kappa shape index (κ3) is 25.8. The van der Waals surface area contributed by atoms with Crippen LogP contribution in [0.25, 0.3) is 0 Å². The fourth-order valence-corrected chi connectivity index (χ4v) is 6.40. The second-order valence-corrected chi connectivity index (χ2v) is 14.8.